The molecule has 1 amide bonds. The summed E-state index contributed by atoms with van der Waals surface area (Å²) in [6.07, 6.45) is 0.896. The maximum atomic E-state index is 12.1. The van der Waals surface area contributed by atoms with Crippen molar-refractivity contribution in [2.75, 3.05) is 7.11 Å². The van der Waals surface area contributed by atoms with Gasteiger partial charge < -0.3 is 19.2 Å². The lowest BCUT2D eigenvalue weighted by Gasteiger charge is -2.15. The molecule has 1 N–H and O–H groups in total. The summed E-state index contributed by atoms with van der Waals surface area (Å²) in [5.41, 5.74) is 0.923. The topological polar surface area (TPSA) is 77.8 Å². The van der Waals surface area contributed by atoms with E-state index in [1.54, 1.807) is 20.1 Å². The van der Waals surface area contributed by atoms with E-state index in [2.05, 4.69) is 5.32 Å². The number of hydrogen-bond donors (Lipinski definition) is 1. The lowest BCUT2D eigenvalue weighted by atomic mass is 10.2. The largest absolute Gasteiger partial charge is 0.497 e. The van der Waals surface area contributed by atoms with Crippen molar-refractivity contribution >= 4 is 11.9 Å². The van der Waals surface area contributed by atoms with Gasteiger partial charge in [0.25, 0.3) is 5.91 Å². The van der Waals surface area contributed by atoms with E-state index in [0.29, 0.717) is 13.0 Å². The highest BCUT2D eigenvalue weighted by molar-refractivity contribution is 5.90. The summed E-state index contributed by atoms with van der Waals surface area (Å²) >= 11 is 0. The van der Waals surface area contributed by atoms with Gasteiger partial charge in [0.15, 0.2) is 6.10 Å². The number of nitrogens with one attached hydrogen (secondary N) is 1. The fourth-order valence-corrected chi connectivity index (χ4v) is 1.95. The van der Waals surface area contributed by atoms with Crippen LogP contribution in [0.2, 0.25) is 0 Å². The van der Waals surface area contributed by atoms with Crippen LogP contribution in [0.5, 0.6) is 5.75 Å². The van der Waals surface area contributed by atoms with Crippen LogP contribution < -0.4 is 10.1 Å². The number of esters is 1. The third kappa shape index (κ3) is 4.60. The van der Waals surface area contributed by atoms with Gasteiger partial charge in [0.1, 0.15) is 5.75 Å². The number of carbonyl (C=O) groups excluding carboxylic acids is 2. The lowest BCUT2D eigenvalue weighted by Crippen LogP contribution is -2.37. The molecular formula is C17H19NO5. The van der Waals surface area contributed by atoms with E-state index in [4.69, 9.17) is 13.9 Å². The van der Waals surface area contributed by atoms with E-state index >= 15 is 0 Å². The number of furan rings is 1. The smallest absolute Gasteiger partial charge is 0.374 e. The normalized spacial score (nSPS) is 11.6. The van der Waals surface area contributed by atoms with Crippen LogP contribution in [0, 0.1) is 0 Å². The number of hydrogen-bond acceptors (Lipinski definition) is 5. The van der Waals surface area contributed by atoms with E-state index in [1.807, 2.05) is 24.3 Å². The van der Waals surface area contributed by atoms with Crippen LogP contribution >= 0.6 is 0 Å². The minimum absolute atomic E-state index is 0.0754. The van der Waals surface area contributed by atoms with Crippen molar-refractivity contribution in [3.63, 3.8) is 0 Å². The molecule has 23 heavy (non-hydrogen) atoms. The van der Waals surface area contributed by atoms with Crippen molar-refractivity contribution in [1.29, 1.82) is 0 Å². The predicted octanol–water partition coefficient (Wildman–Crippen LogP) is 2.54. The molecule has 0 aliphatic rings. The Hall–Kier alpha value is -2.76. The molecule has 0 unspecified atom stereocenters. The number of benzene rings is 1. The van der Waals surface area contributed by atoms with Crippen molar-refractivity contribution < 1.29 is 23.5 Å². The van der Waals surface area contributed by atoms with Crippen molar-refractivity contribution in [3.8, 4) is 5.75 Å². The monoisotopic (exact) mass is 317 g/mol. The first-order chi connectivity index (χ1) is 11.1. The molecule has 0 saturated carbocycles. The van der Waals surface area contributed by atoms with Crippen LogP contribution in [-0.2, 0) is 16.1 Å². The zero-order valence-corrected chi connectivity index (χ0v) is 13.1. The molecule has 0 saturated heterocycles. The number of amides is 1. The molecule has 2 rings (SSSR count). The molecule has 0 spiro atoms. The lowest BCUT2D eigenvalue weighted by molar-refractivity contribution is -0.130. The first-order valence-corrected chi connectivity index (χ1v) is 7.29. The quantitative estimate of drug-likeness (QED) is 0.794. The zero-order chi connectivity index (χ0) is 16.7. The Kier molecular flexibility index (Phi) is 5.80. The number of ether oxygens (including phenoxy) is 2. The van der Waals surface area contributed by atoms with Gasteiger partial charge in [-0.3, -0.25) is 4.79 Å². The summed E-state index contributed by atoms with van der Waals surface area (Å²) in [7, 11) is 1.59. The van der Waals surface area contributed by atoms with Crippen LogP contribution in [-0.4, -0.2) is 25.1 Å². The van der Waals surface area contributed by atoms with Crippen LogP contribution in [0.1, 0.15) is 29.5 Å². The fourth-order valence-electron chi connectivity index (χ4n) is 1.95. The Morgan fingerprint density at radius 1 is 1.22 bits per heavy atom. The SMILES string of the molecule is CC[C@@H](OC(=O)c1ccco1)C(=O)NCc1ccc(OC)cc1. The van der Waals surface area contributed by atoms with Gasteiger partial charge in [-0.1, -0.05) is 19.1 Å². The highest BCUT2D eigenvalue weighted by atomic mass is 16.6. The highest BCUT2D eigenvalue weighted by Crippen LogP contribution is 2.11. The Bertz CT molecular complexity index is 634. The summed E-state index contributed by atoms with van der Waals surface area (Å²) in [6, 6.07) is 10.4. The molecular weight excluding hydrogens is 298 g/mol. The standard InChI is InChI=1S/C17H19NO5/c1-3-14(23-17(20)15-5-4-10-22-15)16(19)18-11-12-6-8-13(21-2)9-7-12/h4-10,14H,3,11H2,1-2H3,(H,18,19)/t14-/m1/s1. The fraction of sp³-hybridized carbons (Fsp3) is 0.294. The first kappa shape index (κ1) is 16.6. The van der Waals surface area contributed by atoms with Crippen molar-refractivity contribution in [1.82, 2.24) is 5.32 Å². The second-order valence-corrected chi connectivity index (χ2v) is 4.85. The molecule has 1 heterocycles. The van der Waals surface area contributed by atoms with E-state index < -0.39 is 12.1 Å². The molecule has 6 heteroatoms. The van der Waals surface area contributed by atoms with Crippen molar-refractivity contribution in [2.24, 2.45) is 0 Å². The maximum absolute atomic E-state index is 12.1. The Balaban J connectivity index is 1.87. The van der Waals surface area contributed by atoms with E-state index in [9.17, 15) is 9.59 Å². The summed E-state index contributed by atoms with van der Waals surface area (Å²) in [5, 5.41) is 2.75. The van der Waals surface area contributed by atoms with Crippen LogP contribution in [0.15, 0.2) is 47.1 Å². The number of methoxy groups -OCH3 is 1. The van der Waals surface area contributed by atoms with Gasteiger partial charge in [0.05, 0.1) is 13.4 Å². The number of rotatable bonds is 7. The summed E-state index contributed by atoms with van der Waals surface area (Å²) in [4.78, 5) is 23.9. The summed E-state index contributed by atoms with van der Waals surface area (Å²) in [5.74, 6) is -0.171. The third-order valence-electron chi connectivity index (χ3n) is 3.26. The molecule has 122 valence electrons. The number of carbonyl (C=O) groups is 2. The predicted molar refractivity (Wildman–Crippen MR) is 83.0 cm³/mol. The molecule has 0 fully saturated rings. The molecule has 1 atom stereocenters. The van der Waals surface area contributed by atoms with E-state index in [0.717, 1.165) is 11.3 Å². The molecule has 0 aliphatic heterocycles. The second kappa shape index (κ2) is 8.03. The van der Waals surface area contributed by atoms with Gasteiger partial charge in [0.2, 0.25) is 5.76 Å². The van der Waals surface area contributed by atoms with Gasteiger partial charge >= 0.3 is 5.97 Å². The molecule has 0 radical (unpaired) electrons. The molecule has 6 nitrogen and oxygen atoms in total. The highest BCUT2D eigenvalue weighted by Gasteiger charge is 2.22. The third-order valence-corrected chi connectivity index (χ3v) is 3.26. The maximum Gasteiger partial charge on any atom is 0.374 e. The average Bonchev–Trinajstić information content (AvgIpc) is 3.12. The second-order valence-electron chi connectivity index (χ2n) is 4.85. The summed E-state index contributed by atoms with van der Waals surface area (Å²) in [6.45, 7) is 2.12. The van der Waals surface area contributed by atoms with Gasteiger partial charge in [0, 0.05) is 6.54 Å². The minimum Gasteiger partial charge on any atom is -0.497 e. The van der Waals surface area contributed by atoms with Gasteiger partial charge in [-0.05, 0) is 36.2 Å². The van der Waals surface area contributed by atoms with Crippen LogP contribution in [0.25, 0.3) is 0 Å². The van der Waals surface area contributed by atoms with Gasteiger partial charge in [-0.2, -0.15) is 0 Å². The van der Waals surface area contributed by atoms with Crippen molar-refractivity contribution in [3.05, 3.63) is 54.0 Å². The van der Waals surface area contributed by atoms with Crippen molar-refractivity contribution in [2.45, 2.75) is 26.0 Å². The molecule has 2 aromatic rings. The molecule has 0 aliphatic carbocycles. The zero-order valence-electron chi connectivity index (χ0n) is 13.1. The Labute approximate surface area is 134 Å². The van der Waals surface area contributed by atoms with Gasteiger partial charge in [-0.15, -0.1) is 0 Å². The minimum atomic E-state index is -0.856. The van der Waals surface area contributed by atoms with Crippen LogP contribution in [0.4, 0.5) is 0 Å². The van der Waals surface area contributed by atoms with E-state index in [1.165, 1.54) is 12.3 Å². The molecule has 0 bridgehead atoms. The molecule has 1 aromatic heterocycles. The van der Waals surface area contributed by atoms with Crippen LogP contribution in [0.3, 0.4) is 0 Å². The summed E-state index contributed by atoms with van der Waals surface area (Å²) < 4.78 is 15.2. The van der Waals surface area contributed by atoms with E-state index in [-0.39, 0.29) is 11.7 Å². The van der Waals surface area contributed by atoms with Gasteiger partial charge in [-0.25, -0.2) is 4.79 Å². The Morgan fingerprint density at radius 3 is 2.52 bits per heavy atom. The first-order valence-electron chi connectivity index (χ1n) is 7.29. The Morgan fingerprint density at radius 2 is 1.96 bits per heavy atom. The molecule has 1 aromatic carbocycles. The average molecular weight is 317 g/mol.